The van der Waals surface area contributed by atoms with E-state index in [2.05, 4.69) is 5.32 Å². The number of amides is 1. The SMILES string of the molecule is COc1ccc(OCCN(C)C(=O)C2CCNC2)cc1. The number of benzene rings is 1. The molecule has 0 aliphatic carbocycles. The predicted octanol–water partition coefficient (Wildman–Crippen LogP) is 1.14. The van der Waals surface area contributed by atoms with Crippen LogP contribution in [0.1, 0.15) is 6.42 Å². The molecule has 1 aromatic carbocycles. The van der Waals surface area contributed by atoms with Gasteiger partial charge in [-0.15, -0.1) is 0 Å². The van der Waals surface area contributed by atoms with Crippen molar-refractivity contribution in [1.29, 1.82) is 0 Å². The van der Waals surface area contributed by atoms with Crippen LogP contribution in [0.15, 0.2) is 24.3 Å². The number of ether oxygens (including phenoxy) is 2. The number of nitrogens with zero attached hydrogens (tertiary/aromatic N) is 1. The molecule has 1 aliphatic heterocycles. The van der Waals surface area contributed by atoms with Crippen LogP contribution in [-0.4, -0.2) is 51.2 Å². The Morgan fingerprint density at radius 1 is 1.35 bits per heavy atom. The number of carbonyl (C=O) groups is 1. The highest BCUT2D eigenvalue weighted by molar-refractivity contribution is 5.79. The minimum absolute atomic E-state index is 0.126. The van der Waals surface area contributed by atoms with Crippen molar-refractivity contribution in [3.05, 3.63) is 24.3 Å². The van der Waals surface area contributed by atoms with E-state index in [0.717, 1.165) is 31.0 Å². The molecule has 1 heterocycles. The first kappa shape index (κ1) is 14.7. The summed E-state index contributed by atoms with van der Waals surface area (Å²) in [5.41, 5.74) is 0. The fourth-order valence-corrected chi connectivity index (χ4v) is 2.26. The molecule has 0 bridgehead atoms. The van der Waals surface area contributed by atoms with E-state index in [9.17, 15) is 4.79 Å². The van der Waals surface area contributed by atoms with Crippen molar-refractivity contribution in [3.8, 4) is 11.5 Å². The average molecular weight is 278 g/mol. The minimum atomic E-state index is 0.126. The largest absolute Gasteiger partial charge is 0.497 e. The monoisotopic (exact) mass is 278 g/mol. The van der Waals surface area contributed by atoms with E-state index >= 15 is 0 Å². The quantitative estimate of drug-likeness (QED) is 0.848. The third-order valence-electron chi connectivity index (χ3n) is 3.54. The Hall–Kier alpha value is -1.75. The Balaban J connectivity index is 1.72. The second kappa shape index (κ2) is 7.14. The van der Waals surface area contributed by atoms with Crippen molar-refractivity contribution in [1.82, 2.24) is 10.2 Å². The molecular formula is C15H22N2O3. The highest BCUT2D eigenvalue weighted by atomic mass is 16.5. The lowest BCUT2D eigenvalue weighted by Gasteiger charge is -2.20. The average Bonchev–Trinajstić information content (AvgIpc) is 3.01. The third kappa shape index (κ3) is 3.87. The highest BCUT2D eigenvalue weighted by Gasteiger charge is 2.24. The van der Waals surface area contributed by atoms with E-state index in [0.29, 0.717) is 13.2 Å². The van der Waals surface area contributed by atoms with Crippen LogP contribution in [-0.2, 0) is 4.79 Å². The molecule has 0 spiro atoms. The van der Waals surface area contributed by atoms with Gasteiger partial charge in [0.05, 0.1) is 19.6 Å². The number of nitrogens with one attached hydrogen (secondary N) is 1. The molecule has 1 saturated heterocycles. The molecule has 1 unspecified atom stereocenters. The van der Waals surface area contributed by atoms with Gasteiger partial charge in [0.2, 0.25) is 5.91 Å². The fourth-order valence-electron chi connectivity index (χ4n) is 2.26. The molecule has 1 amide bonds. The summed E-state index contributed by atoms with van der Waals surface area (Å²) in [6.07, 6.45) is 0.933. The lowest BCUT2D eigenvalue weighted by atomic mass is 10.1. The van der Waals surface area contributed by atoms with Gasteiger partial charge in [0.25, 0.3) is 0 Å². The fraction of sp³-hybridized carbons (Fsp3) is 0.533. The molecule has 0 aromatic heterocycles. The molecule has 1 N–H and O–H groups in total. The van der Waals surface area contributed by atoms with Crippen molar-refractivity contribution in [3.63, 3.8) is 0 Å². The second-order valence-electron chi connectivity index (χ2n) is 4.97. The lowest BCUT2D eigenvalue weighted by molar-refractivity contribution is -0.133. The zero-order chi connectivity index (χ0) is 14.4. The second-order valence-corrected chi connectivity index (χ2v) is 4.97. The topological polar surface area (TPSA) is 50.8 Å². The first-order valence-corrected chi connectivity index (χ1v) is 6.93. The Morgan fingerprint density at radius 2 is 2.05 bits per heavy atom. The Labute approximate surface area is 119 Å². The predicted molar refractivity (Wildman–Crippen MR) is 77.1 cm³/mol. The number of likely N-dealkylation sites (N-methyl/N-ethyl adjacent to an activating group) is 1. The molecule has 0 radical (unpaired) electrons. The number of hydrogen-bond acceptors (Lipinski definition) is 4. The first-order chi connectivity index (χ1) is 9.70. The number of rotatable bonds is 6. The standard InChI is InChI=1S/C15H22N2O3/c1-17(15(18)12-7-8-16-11-12)9-10-20-14-5-3-13(19-2)4-6-14/h3-6,12,16H,7-11H2,1-2H3. The van der Waals surface area contributed by atoms with Crippen LogP contribution >= 0.6 is 0 Å². The maximum Gasteiger partial charge on any atom is 0.226 e. The molecule has 1 atom stereocenters. The van der Waals surface area contributed by atoms with E-state index in [1.165, 1.54) is 0 Å². The summed E-state index contributed by atoms with van der Waals surface area (Å²) in [6.45, 7) is 2.82. The summed E-state index contributed by atoms with van der Waals surface area (Å²) in [5, 5.41) is 3.21. The van der Waals surface area contributed by atoms with Gasteiger partial charge < -0.3 is 19.7 Å². The molecule has 110 valence electrons. The molecular weight excluding hydrogens is 256 g/mol. The van der Waals surface area contributed by atoms with Gasteiger partial charge in [0.15, 0.2) is 0 Å². The van der Waals surface area contributed by atoms with Gasteiger partial charge in [-0.25, -0.2) is 0 Å². The summed E-state index contributed by atoms with van der Waals surface area (Å²) >= 11 is 0. The van der Waals surface area contributed by atoms with E-state index in [-0.39, 0.29) is 11.8 Å². The van der Waals surface area contributed by atoms with Gasteiger partial charge in [-0.1, -0.05) is 0 Å². The molecule has 5 heteroatoms. The van der Waals surface area contributed by atoms with Crippen LogP contribution in [0.2, 0.25) is 0 Å². The number of methoxy groups -OCH3 is 1. The summed E-state index contributed by atoms with van der Waals surface area (Å²) in [6, 6.07) is 7.44. The summed E-state index contributed by atoms with van der Waals surface area (Å²) < 4.78 is 10.7. The zero-order valence-corrected chi connectivity index (χ0v) is 12.1. The van der Waals surface area contributed by atoms with Crippen molar-refractivity contribution in [2.45, 2.75) is 6.42 Å². The smallest absolute Gasteiger partial charge is 0.226 e. The van der Waals surface area contributed by atoms with Gasteiger partial charge >= 0.3 is 0 Å². The number of hydrogen-bond donors (Lipinski definition) is 1. The van der Waals surface area contributed by atoms with Crippen LogP contribution in [0.4, 0.5) is 0 Å². The Morgan fingerprint density at radius 3 is 2.65 bits per heavy atom. The zero-order valence-electron chi connectivity index (χ0n) is 12.1. The third-order valence-corrected chi connectivity index (χ3v) is 3.54. The van der Waals surface area contributed by atoms with Crippen LogP contribution < -0.4 is 14.8 Å². The Kier molecular flexibility index (Phi) is 5.24. The first-order valence-electron chi connectivity index (χ1n) is 6.93. The van der Waals surface area contributed by atoms with E-state index in [1.807, 2.05) is 31.3 Å². The molecule has 1 fully saturated rings. The maximum atomic E-state index is 12.1. The molecule has 5 nitrogen and oxygen atoms in total. The highest BCUT2D eigenvalue weighted by Crippen LogP contribution is 2.17. The van der Waals surface area contributed by atoms with Crippen LogP contribution in [0.5, 0.6) is 11.5 Å². The van der Waals surface area contributed by atoms with Gasteiger partial charge in [-0.2, -0.15) is 0 Å². The Bertz CT molecular complexity index is 427. The summed E-state index contributed by atoms with van der Waals surface area (Å²) in [4.78, 5) is 13.8. The minimum Gasteiger partial charge on any atom is -0.497 e. The van der Waals surface area contributed by atoms with Crippen LogP contribution in [0, 0.1) is 5.92 Å². The van der Waals surface area contributed by atoms with Crippen LogP contribution in [0.3, 0.4) is 0 Å². The molecule has 2 rings (SSSR count). The van der Waals surface area contributed by atoms with Gasteiger partial charge in [0, 0.05) is 13.6 Å². The van der Waals surface area contributed by atoms with E-state index < -0.39 is 0 Å². The molecule has 0 saturated carbocycles. The van der Waals surface area contributed by atoms with Gasteiger partial charge in [-0.3, -0.25) is 4.79 Å². The molecule has 1 aromatic rings. The lowest BCUT2D eigenvalue weighted by Crippen LogP contribution is -2.36. The van der Waals surface area contributed by atoms with Crippen LogP contribution in [0.25, 0.3) is 0 Å². The van der Waals surface area contributed by atoms with E-state index in [1.54, 1.807) is 12.0 Å². The van der Waals surface area contributed by atoms with Crippen molar-refractivity contribution < 1.29 is 14.3 Å². The molecule has 1 aliphatic rings. The van der Waals surface area contributed by atoms with Gasteiger partial charge in [-0.05, 0) is 37.2 Å². The normalized spacial score (nSPS) is 17.8. The maximum absolute atomic E-state index is 12.1. The number of carbonyl (C=O) groups excluding carboxylic acids is 1. The van der Waals surface area contributed by atoms with Crippen molar-refractivity contribution in [2.75, 3.05) is 40.4 Å². The summed E-state index contributed by atoms with van der Waals surface area (Å²) in [5.74, 6) is 1.92. The summed E-state index contributed by atoms with van der Waals surface area (Å²) in [7, 11) is 3.46. The van der Waals surface area contributed by atoms with Crippen molar-refractivity contribution >= 4 is 5.91 Å². The van der Waals surface area contributed by atoms with Gasteiger partial charge in [0.1, 0.15) is 18.1 Å². The molecule has 20 heavy (non-hydrogen) atoms. The van der Waals surface area contributed by atoms with E-state index in [4.69, 9.17) is 9.47 Å². The van der Waals surface area contributed by atoms with Crippen molar-refractivity contribution in [2.24, 2.45) is 5.92 Å².